The molecule has 5 nitrogen and oxygen atoms in total. The number of ether oxygens (including phenoxy) is 1. The van der Waals surface area contributed by atoms with Crippen molar-refractivity contribution in [2.45, 2.75) is 19.8 Å². The number of anilines is 1. The van der Waals surface area contributed by atoms with E-state index in [0.717, 1.165) is 25.9 Å². The van der Waals surface area contributed by atoms with Gasteiger partial charge in [0.1, 0.15) is 5.75 Å². The normalized spacial score (nSPS) is 13.6. The Bertz CT molecular complexity index is 767. The van der Waals surface area contributed by atoms with E-state index in [-0.39, 0.29) is 11.8 Å². The van der Waals surface area contributed by atoms with E-state index < -0.39 is 0 Å². The molecule has 1 heterocycles. The Hall–Kier alpha value is -2.82. The number of hydrogen-bond acceptors (Lipinski definition) is 3. The van der Waals surface area contributed by atoms with Gasteiger partial charge in [0.2, 0.25) is 0 Å². The second-order valence-electron chi connectivity index (χ2n) is 6.00. The lowest BCUT2D eigenvalue weighted by molar-refractivity contribution is 0.0792. The molecule has 130 valence electrons. The zero-order valence-electron chi connectivity index (χ0n) is 14.3. The van der Waals surface area contributed by atoms with Gasteiger partial charge in [-0.05, 0) is 56.2 Å². The van der Waals surface area contributed by atoms with Crippen LogP contribution >= 0.6 is 0 Å². The van der Waals surface area contributed by atoms with Gasteiger partial charge in [0.05, 0.1) is 6.61 Å². The van der Waals surface area contributed by atoms with Crippen LogP contribution in [0.15, 0.2) is 48.5 Å². The second-order valence-corrected chi connectivity index (χ2v) is 6.00. The minimum atomic E-state index is -0.229. The Kier molecular flexibility index (Phi) is 5.33. The largest absolute Gasteiger partial charge is 0.494 e. The van der Waals surface area contributed by atoms with Gasteiger partial charge in [-0.3, -0.25) is 9.59 Å². The molecule has 0 saturated carbocycles. The minimum Gasteiger partial charge on any atom is -0.494 e. The summed E-state index contributed by atoms with van der Waals surface area (Å²) in [5, 5.41) is 2.85. The van der Waals surface area contributed by atoms with Crippen molar-refractivity contribution in [3.63, 3.8) is 0 Å². The summed E-state index contributed by atoms with van der Waals surface area (Å²) in [4.78, 5) is 26.8. The predicted octanol–water partition coefficient (Wildman–Crippen LogP) is 3.57. The van der Waals surface area contributed by atoms with Crippen molar-refractivity contribution < 1.29 is 14.3 Å². The van der Waals surface area contributed by atoms with Crippen molar-refractivity contribution in [3.8, 4) is 5.75 Å². The lowest BCUT2D eigenvalue weighted by atomic mass is 10.1. The molecule has 0 radical (unpaired) electrons. The van der Waals surface area contributed by atoms with Crippen molar-refractivity contribution in [1.29, 1.82) is 0 Å². The van der Waals surface area contributed by atoms with Crippen molar-refractivity contribution in [1.82, 2.24) is 4.90 Å². The number of rotatable bonds is 5. The fourth-order valence-electron chi connectivity index (χ4n) is 2.93. The first-order valence-electron chi connectivity index (χ1n) is 8.61. The fraction of sp³-hybridized carbons (Fsp3) is 0.300. The number of amides is 2. The highest BCUT2D eigenvalue weighted by Crippen LogP contribution is 2.18. The van der Waals surface area contributed by atoms with Gasteiger partial charge in [0.15, 0.2) is 0 Å². The average molecular weight is 338 g/mol. The summed E-state index contributed by atoms with van der Waals surface area (Å²) in [6.45, 7) is 4.06. The van der Waals surface area contributed by atoms with E-state index in [0.29, 0.717) is 29.2 Å². The lowest BCUT2D eigenvalue weighted by Crippen LogP contribution is -2.27. The standard InChI is InChI=1S/C20H22N2O3/c1-2-25-18-10-6-7-15(14-18)19(23)21-17-9-5-8-16(13-17)20(24)22-11-3-4-12-22/h5-10,13-14H,2-4,11-12H2,1H3,(H,21,23). The van der Waals surface area contributed by atoms with Crippen LogP contribution in [0.4, 0.5) is 5.69 Å². The molecule has 1 aliphatic heterocycles. The van der Waals surface area contributed by atoms with Crippen LogP contribution in [-0.2, 0) is 0 Å². The Morgan fingerprint density at radius 3 is 2.52 bits per heavy atom. The Morgan fingerprint density at radius 2 is 1.76 bits per heavy atom. The molecule has 2 aromatic carbocycles. The quantitative estimate of drug-likeness (QED) is 0.906. The molecule has 1 N–H and O–H groups in total. The summed E-state index contributed by atoms with van der Waals surface area (Å²) in [5.74, 6) is 0.451. The van der Waals surface area contributed by atoms with Crippen LogP contribution in [0.2, 0.25) is 0 Å². The molecule has 0 unspecified atom stereocenters. The first kappa shape index (κ1) is 17.0. The second kappa shape index (κ2) is 7.83. The fourth-order valence-corrected chi connectivity index (χ4v) is 2.93. The third kappa shape index (κ3) is 4.18. The van der Waals surface area contributed by atoms with Crippen LogP contribution in [0.25, 0.3) is 0 Å². The monoisotopic (exact) mass is 338 g/mol. The molecule has 0 spiro atoms. The number of nitrogens with zero attached hydrogens (tertiary/aromatic N) is 1. The highest BCUT2D eigenvalue weighted by atomic mass is 16.5. The number of nitrogens with one attached hydrogen (secondary N) is 1. The molecule has 1 fully saturated rings. The number of carbonyl (C=O) groups excluding carboxylic acids is 2. The molecule has 2 aromatic rings. The summed E-state index contributed by atoms with van der Waals surface area (Å²) >= 11 is 0. The molecule has 5 heteroatoms. The zero-order chi connectivity index (χ0) is 17.6. The van der Waals surface area contributed by atoms with E-state index in [2.05, 4.69) is 5.32 Å². The molecule has 0 aliphatic carbocycles. The van der Waals surface area contributed by atoms with Crippen LogP contribution in [0.1, 0.15) is 40.5 Å². The summed E-state index contributed by atoms with van der Waals surface area (Å²) < 4.78 is 5.42. The van der Waals surface area contributed by atoms with E-state index in [9.17, 15) is 9.59 Å². The molecule has 3 rings (SSSR count). The van der Waals surface area contributed by atoms with Gasteiger partial charge in [-0.15, -0.1) is 0 Å². The van der Waals surface area contributed by atoms with Gasteiger partial charge in [0.25, 0.3) is 11.8 Å². The summed E-state index contributed by atoms with van der Waals surface area (Å²) in [6, 6.07) is 14.1. The molecule has 0 atom stereocenters. The van der Waals surface area contributed by atoms with Crippen molar-refractivity contribution in [3.05, 3.63) is 59.7 Å². The smallest absolute Gasteiger partial charge is 0.255 e. The third-order valence-corrected chi connectivity index (χ3v) is 4.17. The van der Waals surface area contributed by atoms with Crippen molar-refractivity contribution in [2.75, 3.05) is 25.0 Å². The van der Waals surface area contributed by atoms with Gasteiger partial charge >= 0.3 is 0 Å². The lowest BCUT2D eigenvalue weighted by Gasteiger charge is -2.16. The zero-order valence-corrected chi connectivity index (χ0v) is 14.3. The van der Waals surface area contributed by atoms with E-state index in [1.807, 2.05) is 17.9 Å². The topological polar surface area (TPSA) is 58.6 Å². The van der Waals surface area contributed by atoms with Gasteiger partial charge < -0.3 is 15.0 Å². The first-order valence-corrected chi connectivity index (χ1v) is 8.61. The van der Waals surface area contributed by atoms with Gasteiger partial charge in [-0.2, -0.15) is 0 Å². The Balaban J connectivity index is 1.72. The van der Waals surface area contributed by atoms with E-state index in [4.69, 9.17) is 4.74 Å². The van der Waals surface area contributed by atoms with Crippen LogP contribution in [-0.4, -0.2) is 36.4 Å². The van der Waals surface area contributed by atoms with Gasteiger partial charge in [-0.1, -0.05) is 12.1 Å². The molecule has 25 heavy (non-hydrogen) atoms. The van der Waals surface area contributed by atoms with Gasteiger partial charge in [0, 0.05) is 29.9 Å². The van der Waals surface area contributed by atoms with Crippen LogP contribution in [0.3, 0.4) is 0 Å². The van der Waals surface area contributed by atoms with Crippen LogP contribution in [0, 0.1) is 0 Å². The number of likely N-dealkylation sites (tertiary alicyclic amines) is 1. The first-order chi connectivity index (χ1) is 12.2. The Morgan fingerprint density at radius 1 is 1.04 bits per heavy atom. The summed E-state index contributed by atoms with van der Waals surface area (Å²) in [5.41, 5.74) is 1.72. The molecule has 1 saturated heterocycles. The maximum Gasteiger partial charge on any atom is 0.255 e. The molecule has 0 bridgehead atoms. The number of hydrogen-bond donors (Lipinski definition) is 1. The maximum atomic E-state index is 12.5. The highest BCUT2D eigenvalue weighted by molar-refractivity contribution is 6.05. The van der Waals surface area contributed by atoms with E-state index in [1.54, 1.807) is 42.5 Å². The number of carbonyl (C=O) groups is 2. The SMILES string of the molecule is CCOc1cccc(C(=O)Nc2cccc(C(=O)N3CCCC3)c2)c1. The highest BCUT2D eigenvalue weighted by Gasteiger charge is 2.19. The summed E-state index contributed by atoms with van der Waals surface area (Å²) in [6.07, 6.45) is 2.11. The Labute approximate surface area is 147 Å². The molecule has 2 amide bonds. The predicted molar refractivity (Wildman–Crippen MR) is 97.1 cm³/mol. The van der Waals surface area contributed by atoms with Crippen LogP contribution in [0.5, 0.6) is 5.75 Å². The third-order valence-electron chi connectivity index (χ3n) is 4.17. The average Bonchev–Trinajstić information content (AvgIpc) is 3.16. The van der Waals surface area contributed by atoms with Crippen LogP contribution < -0.4 is 10.1 Å². The van der Waals surface area contributed by atoms with E-state index in [1.165, 1.54) is 0 Å². The summed E-state index contributed by atoms with van der Waals surface area (Å²) in [7, 11) is 0. The van der Waals surface area contributed by atoms with E-state index >= 15 is 0 Å². The van der Waals surface area contributed by atoms with Gasteiger partial charge in [-0.25, -0.2) is 0 Å². The van der Waals surface area contributed by atoms with Crippen molar-refractivity contribution in [2.24, 2.45) is 0 Å². The molecular weight excluding hydrogens is 316 g/mol. The molecular formula is C20H22N2O3. The van der Waals surface area contributed by atoms with Crippen molar-refractivity contribution >= 4 is 17.5 Å². The molecule has 0 aromatic heterocycles. The number of benzene rings is 2. The molecule has 1 aliphatic rings. The maximum absolute atomic E-state index is 12.5. The minimum absolute atomic E-state index is 0.0203.